The van der Waals surface area contributed by atoms with E-state index in [4.69, 9.17) is 17.3 Å². The molecule has 2 N–H and O–H groups in total. The van der Waals surface area contributed by atoms with Gasteiger partial charge in [0, 0.05) is 11.1 Å². The molecular formula is C17H13ClN2. The molecule has 0 radical (unpaired) electrons. The van der Waals surface area contributed by atoms with E-state index in [9.17, 15) is 0 Å². The second-order valence-electron chi connectivity index (χ2n) is 4.55. The maximum absolute atomic E-state index is 6.06. The lowest BCUT2D eigenvalue weighted by molar-refractivity contribution is 1.40. The molecule has 3 heteroatoms. The van der Waals surface area contributed by atoms with Gasteiger partial charge in [0.15, 0.2) is 0 Å². The van der Waals surface area contributed by atoms with Crippen LogP contribution in [0.2, 0.25) is 5.15 Å². The van der Waals surface area contributed by atoms with E-state index in [1.807, 2.05) is 66.7 Å². The molecule has 1 aromatic heterocycles. The first-order valence-electron chi connectivity index (χ1n) is 6.31. The predicted molar refractivity (Wildman–Crippen MR) is 86.5 cm³/mol. The first-order valence-corrected chi connectivity index (χ1v) is 6.69. The Balaban J connectivity index is 2.04. The summed E-state index contributed by atoms with van der Waals surface area (Å²) >= 11 is 6.06. The van der Waals surface area contributed by atoms with Crippen molar-refractivity contribution in [3.8, 4) is 0 Å². The van der Waals surface area contributed by atoms with Crippen LogP contribution in [0.25, 0.3) is 23.1 Å². The Morgan fingerprint density at radius 2 is 1.70 bits per heavy atom. The van der Waals surface area contributed by atoms with Crippen LogP contribution in [0.15, 0.2) is 54.6 Å². The van der Waals surface area contributed by atoms with Gasteiger partial charge in [-0.25, -0.2) is 4.98 Å². The average Bonchev–Trinajstić information content (AvgIpc) is 2.46. The molecule has 0 atom stereocenters. The van der Waals surface area contributed by atoms with E-state index in [-0.39, 0.29) is 0 Å². The van der Waals surface area contributed by atoms with Gasteiger partial charge in [-0.15, -0.1) is 0 Å². The van der Waals surface area contributed by atoms with Crippen LogP contribution in [0.1, 0.15) is 11.1 Å². The quantitative estimate of drug-likeness (QED) is 0.548. The lowest BCUT2D eigenvalue weighted by atomic mass is 10.1. The number of pyridine rings is 1. The Labute approximate surface area is 122 Å². The van der Waals surface area contributed by atoms with E-state index >= 15 is 0 Å². The third kappa shape index (κ3) is 2.65. The standard InChI is InChI=1S/C17H13ClN2/c18-17-11-13(15-3-1-2-4-16(15)20-17)8-5-12-6-9-14(19)10-7-12/h1-11H,19H2/b8-5+. The smallest absolute Gasteiger partial charge is 0.130 e. The van der Waals surface area contributed by atoms with E-state index in [1.165, 1.54) is 0 Å². The minimum atomic E-state index is 0.501. The molecule has 0 unspecified atom stereocenters. The zero-order valence-electron chi connectivity index (χ0n) is 10.8. The van der Waals surface area contributed by atoms with Gasteiger partial charge in [-0.3, -0.25) is 0 Å². The zero-order valence-corrected chi connectivity index (χ0v) is 11.5. The summed E-state index contributed by atoms with van der Waals surface area (Å²) in [6, 6.07) is 17.6. The van der Waals surface area contributed by atoms with Crippen molar-refractivity contribution in [3.63, 3.8) is 0 Å². The van der Waals surface area contributed by atoms with Gasteiger partial charge in [-0.1, -0.05) is 54.1 Å². The average molecular weight is 281 g/mol. The van der Waals surface area contributed by atoms with E-state index < -0.39 is 0 Å². The number of benzene rings is 2. The van der Waals surface area contributed by atoms with Gasteiger partial charge in [-0.2, -0.15) is 0 Å². The largest absolute Gasteiger partial charge is 0.399 e. The SMILES string of the molecule is Nc1ccc(/C=C/c2cc(Cl)nc3ccccc23)cc1. The van der Waals surface area contributed by atoms with E-state index in [2.05, 4.69) is 4.98 Å². The van der Waals surface area contributed by atoms with Gasteiger partial charge < -0.3 is 5.73 Å². The minimum absolute atomic E-state index is 0.501. The van der Waals surface area contributed by atoms with Crippen molar-refractivity contribution in [3.05, 3.63) is 70.9 Å². The number of nitrogen functional groups attached to an aromatic ring is 1. The molecule has 0 aliphatic carbocycles. The number of nitrogens with zero attached hydrogens (tertiary/aromatic N) is 1. The van der Waals surface area contributed by atoms with Crippen LogP contribution in [0, 0.1) is 0 Å². The molecule has 20 heavy (non-hydrogen) atoms. The molecule has 0 saturated heterocycles. The molecule has 1 heterocycles. The van der Waals surface area contributed by atoms with Crippen LogP contribution in [0.3, 0.4) is 0 Å². The highest BCUT2D eigenvalue weighted by atomic mass is 35.5. The number of nitrogens with two attached hydrogens (primary N) is 1. The Bertz CT molecular complexity index is 777. The van der Waals surface area contributed by atoms with Crippen molar-refractivity contribution in [2.75, 3.05) is 5.73 Å². The maximum atomic E-state index is 6.06. The molecule has 0 aliphatic rings. The first kappa shape index (κ1) is 12.7. The third-order valence-electron chi connectivity index (χ3n) is 3.11. The number of hydrogen-bond acceptors (Lipinski definition) is 2. The summed E-state index contributed by atoms with van der Waals surface area (Å²) in [6.07, 6.45) is 4.08. The van der Waals surface area contributed by atoms with Crippen LogP contribution in [-0.2, 0) is 0 Å². The van der Waals surface area contributed by atoms with E-state index in [0.29, 0.717) is 5.15 Å². The topological polar surface area (TPSA) is 38.9 Å². The number of anilines is 1. The Hall–Kier alpha value is -2.32. The molecule has 2 aromatic carbocycles. The van der Waals surface area contributed by atoms with Crippen molar-refractivity contribution < 1.29 is 0 Å². The third-order valence-corrected chi connectivity index (χ3v) is 3.30. The molecule has 98 valence electrons. The minimum Gasteiger partial charge on any atom is -0.399 e. The number of para-hydroxylation sites is 1. The van der Waals surface area contributed by atoms with Crippen molar-refractivity contribution in [2.45, 2.75) is 0 Å². The summed E-state index contributed by atoms with van der Waals surface area (Å²) in [7, 11) is 0. The number of hydrogen-bond donors (Lipinski definition) is 1. The normalized spacial score (nSPS) is 11.2. The second-order valence-corrected chi connectivity index (χ2v) is 4.94. The molecular weight excluding hydrogens is 268 g/mol. The molecule has 0 fully saturated rings. The molecule has 0 spiro atoms. The lowest BCUT2D eigenvalue weighted by Crippen LogP contribution is -1.84. The highest BCUT2D eigenvalue weighted by molar-refractivity contribution is 6.30. The van der Waals surface area contributed by atoms with E-state index in [1.54, 1.807) is 0 Å². The van der Waals surface area contributed by atoms with Gasteiger partial charge in [-0.05, 0) is 35.4 Å². The highest BCUT2D eigenvalue weighted by Gasteiger charge is 2.01. The van der Waals surface area contributed by atoms with Crippen LogP contribution in [0.4, 0.5) is 5.69 Å². The summed E-state index contributed by atoms with van der Waals surface area (Å²) in [6.45, 7) is 0. The molecule has 0 amide bonds. The van der Waals surface area contributed by atoms with Crippen molar-refractivity contribution in [1.29, 1.82) is 0 Å². The summed E-state index contributed by atoms with van der Waals surface area (Å²) in [5, 5.41) is 1.59. The lowest BCUT2D eigenvalue weighted by Gasteiger charge is -2.03. The van der Waals surface area contributed by atoms with Gasteiger partial charge >= 0.3 is 0 Å². The summed E-state index contributed by atoms with van der Waals surface area (Å²) in [5.74, 6) is 0. The van der Waals surface area contributed by atoms with Crippen LogP contribution < -0.4 is 5.73 Å². The summed E-state index contributed by atoms with van der Waals surface area (Å²) < 4.78 is 0. The second kappa shape index (κ2) is 5.35. The molecule has 0 saturated carbocycles. The number of fused-ring (bicyclic) bond motifs is 1. The Morgan fingerprint density at radius 1 is 0.950 bits per heavy atom. The van der Waals surface area contributed by atoms with Crippen molar-refractivity contribution in [1.82, 2.24) is 4.98 Å². The molecule has 0 aliphatic heterocycles. The monoisotopic (exact) mass is 280 g/mol. The molecule has 3 aromatic rings. The highest BCUT2D eigenvalue weighted by Crippen LogP contribution is 2.22. The van der Waals surface area contributed by atoms with Gasteiger partial charge in [0.2, 0.25) is 0 Å². The van der Waals surface area contributed by atoms with Gasteiger partial charge in [0.25, 0.3) is 0 Å². The van der Waals surface area contributed by atoms with Crippen LogP contribution >= 0.6 is 11.6 Å². The van der Waals surface area contributed by atoms with Gasteiger partial charge in [0.1, 0.15) is 5.15 Å². The summed E-state index contributed by atoms with van der Waals surface area (Å²) in [4.78, 5) is 4.32. The molecule has 2 nitrogen and oxygen atoms in total. The van der Waals surface area contributed by atoms with Crippen LogP contribution in [-0.4, -0.2) is 4.98 Å². The zero-order chi connectivity index (χ0) is 13.9. The fraction of sp³-hybridized carbons (Fsp3) is 0. The predicted octanol–water partition coefficient (Wildman–Crippen LogP) is 4.64. The van der Waals surface area contributed by atoms with Crippen molar-refractivity contribution in [2.24, 2.45) is 0 Å². The van der Waals surface area contributed by atoms with E-state index in [0.717, 1.165) is 27.7 Å². The molecule has 3 rings (SSSR count). The maximum Gasteiger partial charge on any atom is 0.130 e. The van der Waals surface area contributed by atoms with Crippen LogP contribution in [0.5, 0.6) is 0 Å². The fourth-order valence-corrected chi connectivity index (χ4v) is 2.31. The number of rotatable bonds is 2. The Morgan fingerprint density at radius 3 is 2.50 bits per heavy atom. The van der Waals surface area contributed by atoms with Gasteiger partial charge in [0.05, 0.1) is 5.52 Å². The first-order chi connectivity index (χ1) is 9.72. The number of halogens is 1. The fourth-order valence-electron chi connectivity index (χ4n) is 2.10. The van der Waals surface area contributed by atoms with Crippen molar-refractivity contribution >= 4 is 40.3 Å². The molecule has 0 bridgehead atoms. The Kier molecular flexibility index (Phi) is 3.40. The summed E-state index contributed by atoms with van der Waals surface area (Å²) in [5.41, 5.74) is 9.49. The number of aromatic nitrogens is 1.